The van der Waals surface area contributed by atoms with E-state index in [1.165, 1.54) is 0 Å². The van der Waals surface area contributed by atoms with Gasteiger partial charge in [-0.15, -0.1) is 0 Å². The summed E-state index contributed by atoms with van der Waals surface area (Å²) in [4.78, 5) is 19.3. The van der Waals surface area contributed by atoms with Crippen molar-refractivity contribution in [2.75, 3.05) is 14.2 Å². The number of rotatable bonds is 7. The summed E-state index contributed by atoms with van der Waals surface area (Å²) in [7, 11) is 3.20. The minimum atomic E-state index is 0.0134. The molecule has 3 rings (SSSR count). The summed E-state index contributed by atoms with van der Waals surface area (Å²) in [6, 6.07) is 11.6. The summed E-state index contributed by atoms with van der Waals surface area (Å²) in [6.07, 6.45) is 2.73. The predicted octanol–water partition coefficient (Wildman–Crippen LogP) is 2.83. The number of imidazole rings is 1. The number of fused-ring (bicyclic) bond motifs is 1. The van der Waals surface area contributed by atoms with Gasteiger partial charge in [-0.25, -0.2) is 4.98 Å². The number of carbonyl (C=O) groups excluding carboxylic acids is 1. The molecule has 0 aliphatic rings. The maximum Gasteiger partial charge on any atom is 0.220 e. The third kappa shape index (κ3) is 4.09. The first-order valence-corrected chi connectivity index (χ1v) is 8.09. The van der Waals surface area contributed by atoms with E-state index in [4.69, 9.17) is 9.47 Å². The normalized spacial score (nSPS) is 10.6. The highest BCUT2D eigenvalue weighted by Crippen LogP contribution is 2.27. The number of H-pyrrole nitrogens is 1. The zero-order valence-electron chi connectivity index (χ0n) is 14.3. The molecule has 1 amide bonds. The van der Waals surface area contributed by atoms with Crippen LogP contribution >= 0.6 is 0 Å². The third-order valence-electron chi connectivity index (χ3n) is 4.06. The fraction of sp³-hybridized carbons (Fsp3) is 0.263. The molecule has 0 fully saturated rings. The molecule has 0 spiro atoms. The molecule has 0 radical (unpaired) electrons. The SMILES string of the molecule is COc1ccc(CCC(=O)NCc2ccc3nc[nH]c3c2)cc1OC. The largest absolute Gasteiger partial charge is 0.493 e. The average Bonchev–Trinajstić information content (AvgIpc) is 3.12. The van der Waals surface area contributed by atoms with Gasteiger partial charge in [0.1, 0.15) is 0 Å². The van der Waals surface area contributed by atoms with Crippen molar-refractivity contribution in [3.05, 3.63) is 53.9 Å². The molecule has 6 heteroatoms. The molecule has 0 atom stereocenters. The van der Waals surface area contributed by atoms with E-state index < -0.39 is 0 Å². The predicted molar refractivity (Wildman–Crippen MR) is 95.8 cm³/mol. The van der Waals surface area contributed by atoms with Crippen LogP contribution in [0.25, 0.3) is 11.0 Å². The molecule has 3 aromatic rings. The summed E-state index contributed by atoms with van der Waals surface area (Å²) < 4.78 is 10.5. The van der Waals surface area contributed by atoms with Crippen LogP contribution in [-0.4, -0.2) is 30.1 Å². The zero-order chi connectivity index (χ0) is 17.6. The number of aryl methyl sites for hydroxylation is 1. The van der Waals surface area contributed by atoms with Gasteiger partial charge in [-0.3, -0.25) is 4.79 Å². The van der Waals surface area contributed by atoms with Gasteiger partial charge in [-0.05, 0) is 41.8 Å². The number of hydrogen-bond donors (Lipinski definition) is 2. The highest BCUT2D eigenvalue weighted by molar-refractivity contribution is 5.77. The second-order valence-corrected chi connectivity index (χ2v) is 5.72. The summed E-state index contributed by atoms with van der Waals surface area (Å²) in [5.74, 6) is 1.37. The average molecular weight is 339 g/mol. The van der Waals surface area contributed by atoms with Crippen molar-refractivity contribution >= 4 is 16.9 Å². The molecular formula is C19H21N3O3. The molecule has 2 aromatic carbocycles. The molecule has 25 heavy (non-hydrogen) atoms. The molecular weight excluding hydrogens is 318 g/mol. The maximum atomic E-state index is 12.1. The Kier molecular flexibility index (Phi) is 5.18. The fourth-order valence-corrected chi connectivity index (χ4v) is 2.68. The second-order valence-electron chi connectivity index (χ2n) is 5.72. The molecule has 130 valence electrons. The highest BCUT2D eigenvalue weighted by Gasteiger charge is 2.07. The minimum absolute atomic E-state index is 0.0134. The summed E-state index contributed by atoms with van der Waals surface area (Å²) in [5.41, 5.74) is 3.96. The van der Waals surface area contributed by atoms with Gasteiger partial charge in [-0.2, -0.15) is 0 Å². The molecule has 0 bridgehead atoms. The Balaban J connectivity index is 1.52. The smallest absolute Gasteiger partial charge is 0.220 e. The van der Waals surface area contributed by atoms with Crippen LogP contribution < -0.4 is 14.8 Å². The molecule has 0 saturated carbocycles. The first-order chi connectivity index (χ1) is 12.2. The Labute approximate surface area is 146 Å². The number of methoxy groups -OCH3 is 2. The Morgan fingerprint density at radius 2 is 1.88 bits per heavy atom. The van der Waals surface area contributed by atoms with Crippen molar-refractivity contribution in [3.63, 3.8) is 0 Å². The van der Waals surface area contributed by atoms with Crippen LogP contribution in [0.2, 0.25) is 0 Å². The molecule has 2 N–H and O–H groups in total. The van der Waals surface area contributed by atoms with Crippen molar-refractivity contribution in [1.29, 1.82) is 0 Å². The monoisotopic (exact) mass is 339 g/mol. The minimum Gasteiger partial charge on any atom is -0.493 e. The lowest BCUT2D eigenvalue weighted by atomic mass is 10.1. The van der Waals surface area contributed by atoms with Gasteiger partial charge < -0.3 is 19.8 Å². The quantitative estimate of drug-likeness (QED) is 0.694. The van der Waals surface area contributed by atoms with Gasteiger partial charge in [0.25, 0.3) is 0 Å². The number of nitrogens with zero attached hydrogens (tertiary/aromatic N) is 1. The van der Waals surface area contributed by atoms with Gasteiger partial charge in [0.15, 0.2) is 11.5 Å². The van der Waals surface area contributed by atoms with E-state index in [-0.39, 0.29) is 5.91 Å². The Bertz CT molecular complexity index is 873. The summed E-state index contributed by atoms with van der Waals surface area (Å²) in [5, 5.41) is 2.95. The number of aromatic amines is 1. The van der Waals surface area contributed by atoms with Crippen LogP contribution in [0.5, 0.6) is 11.5 Å². The molecule has 0 aliphatic carbocycles. The number of carbonyl (C=O) groups is 1. The van der Waals surface area contributed by atoms with Crippen molar-refractivity contribution in [1.82, 2.24) is 15.3 Å². The van der Waals surface area contributed by atoms with Crippen LogP contribution in [0.3, 0.4) is 0 Å². The fourth-order valence-electron chi connectivity index (χ4n) is 2.68. The highest BCUT2D eigenvalue weighted by atomic mass is 16.5. The van der Waals surface area contributed by atoms with E-state index in [0.717, 1.165) is 22.2 Å². The Hall–Kier alpha value is -3.02. The zero-order valence-corrected chi connectivity index (χ0v) is 14.3. The molecule has 1 aromatic heterocycles. The van der Waals surface area contributed by atoms with E-state index in [9.17, 15) is 4.79 Å². The van der Waals surface area contributed by atoms with Gasteiger partial charge >= 0.3 is 0 Å². The topological polar surface area (TPSA) is 76.2 Å². The summed E-state index contributed by atoms with van der Waals surface area (Å²) >= 11 is 0. The summed E-state index contributed by atoms with van der Waals surface area (Å²) in [6.45, 7) is 0.500. The van der Waals surface area contributed by atoms with Crippen LogP contribution in [0.15, 0.2) is 42.7 Å². The third-order valence-corrected chi connectivity index (χ3v) is 4.06. The number of nitrogens with one attached hydrogen (secondary N) is 2. The van der Waals surface area contributed by atoms with Crippen molar-refractivity contribution < 1.29 is 14.3 Å². The van der Waals surface area contributed by atoms with Gasteiger partial charge in [0.05, 0.1) is 31.6 Å². The number of amides is 1. The van der Waals surface area contributed by atoms with Crippen LogP contribution in [-0.2, 0) is 17.8 Å². The number of aromatic nitrogens is 2. The van der Waals surface area contributed by atoms with E-state index in [0.29, 0.717) is 30.9 Å². The molecule has 6 nitrogen and oxygen atoms in total. The van der Waals surface area contributed by atoms with Crippen LogP contribution in [0, 0.1) is 0 Å². The standard InChI is InChI=1S/C19H21N3O3/c1-24-17-7-4-13(10-18(17)25-2)5-8-19(23)20-11-14-3-6-15-16(9-14)22-12-21-15/h3-4,6-7,9-10,12H,5,8,11H2,1-2H3,(H,20,23)(H,21,22). The number of hydrogen-bond acceptors (Lipinski definition) is 4. The first-order valence-electron chi connectivity index (χ1n) is 8.09. The van der Waals surface area contributed by atoms with Gasteiger partial charge in [-0.1, -0.05) is 12.1 Å². The van der Waals surface area contributed by atoms with E-state index in [1.54, 1.807) is 20.5 Å². The lowest BCUT2D eigenvalue weighted by Gasteiger charge is -2.10. The van der Waals surface area contributed by atoms with Gasteiger partial charge in [0.2, 0.25) is 5.91 Å². The van der Waals surface area contributed by atoms with Crippen molar-refractivity contribution in [3.8, 4) is 11.5 Å². The molecule has 0 aliphatic heterocycles. The second kappa shape index (κ2) is 7.70. The number of ether oxygens (including phenoxy) is 2. The molecule has 1 heterocycles. The first kappa shape index (κ1) is 16.8. The van der Waals surface area contributed by atoms with E-state index in [1.807, 2.05) is 36.4 Å². The van der Waals surface area contributed by atoms with Crippen molar-refractivity contribution in [2.24, 2.45) is 0 Å². The van der Waals surface area contributed by atoms with Crippen LogP contribution in [0.4, 0.5) is 0 Å². The van der Waals surface area contributed by atoms with E-state index >= 15 is 0 Å². The molecule has 0 unspecified atom stereocenters. The van der Waals surface area contributed by atoms with Crippen molar-refractivity contribution in [2.45, 2.75) is 19.4 Å². The Morgan fingerprint density at radius 3 is 2.68 bits per heavy atom. The lowest BCUT2D eigenvalue weighted by Crippen LogP contribution is -2.23. The lowest BCUT2D eigenvalue weighted by molar-refractivity contribution is -0.121. The number of benzene rings is 2. The Morgan fingerprint density at radius 1 is 1.08 bits per heavy atom. The van der Waals surface area contributed by atoms with E-state index in [2.05, 4.69) is 15.3 Å². The van der Waals surface area contributed by atoms with Gasteiger partial charge in [0, 0.05) is 13.0 Å². The maximum absolute atomic E-state index is 12.1. The molecule has 0 saturated heterocycles. The van der Waals surface area contributed by atoms with Crippen LogP contribution in [0.1, 0.15) is 17.5 Å².